The van der Waals surface area contributed by atoms with Crippen LogP contribution in [0.25, 0.3) is 0 Å². The summed E-state index contributed by atoms with van der Waals surface area (Å²) in [5.74, 6) is -10.9. The fourth-order valence-electron chi connectivity index (χ4n) is 15.3. The SMILES string of the molecule is CC(=O)O[C@H]1C2C([C@@H]3[C@@H](OC(=O)c4ccc5c(c4)C(=O)c4ccccc4C5=O)[C@@H]4[C@H]([C@H](C)[C@H]5O[C@]56OC(=O)[C@@](C)(O)[C@]46C)[C@@]3(C)[C@H]1OC(C)=O)[C@@H](O)C[C@H]1C[C@@H]3O[C@@H]3[C@H](O)[C@]21C. The predicted molar refractivity (Wildman–Crippen MR) is 209 cm³/mol. The molecule has 1 spiro atoms. The number of aliphatic hydroxyl groups excluding tert-OH is 2. The molecule has 11 rings (SSSR count). The maximum Gasteiger partial charge on any atom is 0.341 e. The Morgan fingerprint density at radius 1 is 0.758 bits per heavy atom. The molecule has 2 aromatic rings. The highest BCUT2D eigenvalue weighted by Gasteiger charge is 2.93. The summed E-state index contributed by atoms with van der Waals surface area (Å²) in [6.07, 6.45) is -6.66. The van der Waals surface area contributed by atoms with E-state index in [0.717, 1.165) is 0 Å². The van der Waals surface area contributed by atoms with Gasteiger partial charge in [0.15, 0.2) is 17.2 Å². The number of ketones is 2. The molecule has 20 atom stereocenters. The Labute approximate surface area is 356 Å². The number of ether oxygens (including phenoxy) is 6. The van der Waals surface area contributed by atoms with Gasteiger partial charge in [-0.1, -0.05) is 45.0 Å². The number of epoxide rings is 2. The third kappa shape index (κ3) is 4.58. The largest absolute Gasteiger partial charge is 0.458 e. The van der Waals surface area contributed by atoms with Crippen LogP contribution in [0.3, 0.4) is 0 Å². The molecule has 0 radical (unpaired) electrons. The predicted octanol–water partition coefficient (Wildman–Crippen LogP) is 2.94. The summed E-state index contributed by atoms with van der Waals surface area (Å²) in [6.45, 7) is 11.2. The second-order valence-corrected chi connectivity index (χ2v) is 20.4. The summed E-state index contributed by atoms with van der Waals surface area (Å²) in [7, 11) is 0. The number of aliphatic hydroxyl groups is 3. The van der Waals surface area contributed by atoms with Crippen molar-refractivity contribution in [2.24, 2.45) is 57.7 Å². The fraction of sp³-hybridized carbons (Fsp3) is 0.617. The molecule has 6 aliphatic carbocycles. The average molecular weight is 855 g/mol. The number of rotatable bonds is 4. The van der Waals surface area contributed by atoms with Gasteiger partial charge in [-0.05, 0) is 68.6 Å². The van der Waals surface area contributed by atoms with Gasteiger partial charge in [0.1, 0.15) is 30.5 Å². The normalized spacial score (nSPS) is 49.5. The van der Waals surface area contributed by atoms with Gasteiger partial charge in [-0.2, -0.15) is 0 Å². The van der Waals surface area contributed by atoms with Crippen LogP contribution in [-0.4, -0.2) is 111 Å². The van der Waals surface area contributed by atoms with Gasteiger partial charge in [0.2, 0.25) is 5.79 Å². The zero-order chi connectivity index (χ0) is 44.1. The molecule has 9 aliphatic rings. The number of hydrogen-bond donors (Lipinski definition) is 3. The molecule has 0 amide bonds. The Bertz CT molecular complexity index is 2430. The zero-order valence-electron chi connectivity index (χ0n) is 35.4. The molecule has 328 valence electrons. The van der Waals surface area contributed by atoms with Crippen molar-refractivity contribution in [3.63, 3.8) is 0 Å². The van der Waals surface area contributed by atoms with Crippen LogP contribution in [0.5, 0.6) is 0 Å². The fourth-order valence-corrected chi connectivity index (χ4v) is 15.3. The minimum atomic E-state index is -2.21. The van der Waals surface area contributed by atoms with E-state index in [1.807, 2.05) is 20.8 Å². The Morgan fingerprint density at radius 2 is 1.39 bits per heavy atom. The minimum Gasteiger partial charge on any atom is -0.458 e. The number of esters is 4. The molecule has 2 unspecified atom stereocenters. The lowest BCUT2D eigenvalue weighted by molar-refractivity contribution is -0.280. The van der Waals surface area contributed by atoms with Crippen molar-refractivity contribution in [2.45, 2.75) is 122 Å². The van der Waals surface area contributed by atoms with Crippen LogP contribution in [0.2, 0.25) is 0 Å². The summed E-state index contributed by atoms with van der Waals surface area (Å²) in [6, 6.07) is 10.6. The summed E-state index contributed by atoms with van der Waals surface area (Å²) >= 11 is 0. The molecule has 0 aromatic heterocycles. The molecule has 3 aliphatic heterocycles. The number of carbonyl (C=O) groups is 6. The van der Waals surface area contributed by atoms with E-state index in [9.17, 15) is 44.1 Å². The van der Waals surface area contributed by atoms with Gasteiger partial charge >= 0.3 is 23.9 Å². The molecule has 3 heterocycles. The van der Waals surface area contributed by atoms with E-state index >= 15 is 0 Å². The number of benzene rings is 2. The average Bonchev–Trinajstić information content (AvgIpc) is 4.13. The van der Waals surface area contributed by atoms with Crippen molar-refractivity contribution in [1.82, 2.24) is 0 Å². The third-order valence-electron chi connectivity index (χ3n) is 18.0. The number of hydrogen-bond acceptors (Lipinski definition) is 15. The first kappa shape index (κ1) is 40.2. The third-order valence-corrected chi connectivity index (χ3v) is 18.0. The summed E-state index contributed by atoms with van der Waals surface area (Å²) in [4.78, 5) is 82.9. The molecule has 62 heavy (non-hydrogen) atoms. The maximum absolute atomic E-state index is 15.0. The lowest BCUT2D eigenvalue weighted by Gasteiger charge is -2.65. The van der Waals surface area contributed by atoms with Crippen molar-refractivity contribution < 1.29 is 72.5 Å². The number of carbonyl (C=O) groups excluding carboxylic acids is 6. The van der Waals surface area contributed by atoms with Gasteiger partial charge in [-0.25, -0.2) is 9.59 Å². The van der Waals surface area contributed by atoms with Crippen LogP contribution in [0.1, 0.15) is 104 Å². The Balaban J connectivity index is 1.12. The van der Waals surface area contributed by atoms with Crippen LogP contribution < -0.4 is 0 Å². The molecule has 15 nitrogen and oxygen atoms in total. The van der Waals surface area contributed by atoms with Gasteiger partial charge in [-0.15, -0.1) is 0 Å². The van der Waals surface area contributed by atoms with Crippen molar-refractivity contribution in [2.75, 3.05) is 0 Å². The van der Waals surface area contributed by atoms with Gasteiger partial charge < -0.3 is 43.7 Å². The molecule has 3 N–H and O–H groups in total. The van der Waals surface area contributed by atoms with Crippen LogP contribution >= 0.6 is 0 Å². The van der Waals surface area contributed by atoms with Crippen LogP contribution in [0, 0.1) is 57.7 Å². The van der Waals surface area contributed by atoms with E-state index in [4.69, 9.17) is 28.4 Å². The van der Waals surface area contributed by atoms with E-state index in [1.165, 1.54) is 39.0 Å². The molecule has 8 fully saturated rings. The molecule has 3 saturated heterocycles. The van der Waals surface area contributed by atoms with Crippen molar-refractivity contribution in [1.29, 1.82) is 0 Å². The van der Waals surface area contributed by atoms with Gasteiger partial charge in [0, 0.05) is 64.7 Å². The standard InChI is InChI=1S/C47H50O15/c1-17-29-32(45(6)46(7,56)42(55)62-47(45)39(17)61-47)36(60-41(54)20-12-13-24-25(14-20)34(52)23-11-9-8-10-22(23)33(24)51)30-28-26(50)15-21-16-27-35(59-27)38(53)43(21,4)31(28)37(57-18(2)48)40(44(29,30)5)58-19(3)49/h8-14,17,21,26-32,35-40,50,53,56H,15-16H2,1-7H3/t17-,21-,26-,27-,28?,29-,30+,31?,32-,35-,36+,37-,38-,39+,40-,43-,44+,45-,46+,47-/m0/s1. The smallest absolute Gasteiger partial charge is 0.341 e. The molecule has 15 heteroatoms. The number of fused-ring (bicyclic) bond motifs is 11. The maximum atomic E-state index is 15.0. The van der Waals surface area contributed by atoms with Gasteiger partial charge in [-0.3, -0.25) is 19.2 Å². The highest BCUT2D eigenvalue weighted by atomic mass is 16.8. The van der Waals surface area contributed by atoms with Crippen LogP contribution in [0.4, 0.5) is 0 Å². The van der Waals surface area contributed by atoms with E-state index in [2.05, 4.69) is 0 Å². The lowest BCUT2D eigenvalue weighted by Crippen LogP contribution is -2.72. The zero-order valence-corrected chi connectivity index (χ0v) is 35.4. The topological polar surface area (TPSA) is 225 Å². The quantitative estimate of drug-likeness (QED) is 0.195. The van der Waals surface area contributed by atoms with Gasteiger partial charge in [0.25, 0.3) is 0 Å². The monoisotopic (exact) mass is 854 g/mol. The second-order valence-electron chi connectivity index (χ2n) is 20.4. The highest BCUT2D eigenvalue weighted by Crippen LogP contribution is 2.81. The first-order valence-electron chi connectivity index (χ1n) is 21.7. The lowest BCUT2D eigenvalue weighted by atomic mass is 9.41. The molecular weight excluding hydrogens is 805 g/mol. The summed E-state index contributed by atoms with van der Waals surface area (Å²) < 4.78 is 37.8. The Kier molecular flexibility index (Phi) is 8.03. The molecule has 2 aromatic carbocycles. The van der Waals surface area contributed by atoms with E-state index in [1.54, 1.807) is 31.2 Å². The Hall–Kier alpha value is -4.54. The summed E-state index contributed by atoms with van der Waals surface area (Å²) in [5.41, 5.74) is -5.71. The molecule has 0 bridgehead atoms. The first-order chi connectivity index (χ1) is 29.2. The van der Waals surface area contributed by atoms with Crippen molar-refractivity contribution in [3.8, 4) is 0 Å². The van der Waals surface area contributed by atoms with Gasteiger partial charge in [0.05, 0.1) is 29.3 Å². The molecular formula is C47H50O15. The first-order valence-corrected chi connectivity index (χ1v) is 21.7. The molecule has 5 saturated carbocycles. The van der Waals surface area contributed by atoms with Crippen LogP contribution in [-0.2, 0) is 42.8 Å². The summed E-state index contributed by atoms with van der Waals surface area (Å²) in [5, 5.41) is 37.3. The van der Waals surface area contributed by atoms with Crippen molar-refractivity contribution >= 4 is 35.4 Å². The van der Waals surface area contributed by atoms with E-state index in [0.29, 0.717) is 6.42 Å². The van der Waals surface area contributed by atoms with E-state index in [-0.39, 0.29) is 52.0 Å². The van der Waals surface area contributed by atoms with E-state index < -0.39 is 136 Å². The Morgan fingerprint density at radius 3 is 2.05 bits per heavy atom. The minimum absolute atomic E-state index is 0.0202. The highest BCUT2D eigenvalue weighted by molar-refractivity contribution is 6.28. The second kappa shape index (κ2) is 12.4. The van der Waals surface area contributed by atoms with Crippen LogP contribution in [0.15, 0.2) is 42.5 Å². The van der Waals surface area contributed by atoms with Crippen molar-refractivity contribution in [3.05, 3.63) is 70.3 Å².